The zero-order chi connectivity index (χ0) is 14.7. The van der Waals surface area contributed by atoms with Gasteiger partial charge in [-0.2, -0.15) is 0 Å². The van der Waals surface area contributed by atoms with Crippen LogP contribution in [0.2, 0.25) is 0 Å². The van der Waals surface area contributed by atoms with Crippen LogP contribution in [0.1, 0.15) is 30.9 Å². The number of nitrogens with one attached hydrogen (secondary N) is 2. The molecule has 3 heteroatoms. The van der Waals surface area contributed by atoms with E-state index >= 15 is 0 Å². The van der Waals surface area contributed by atoms with Gasteiger partial charge in [-0.3, -0.25) is 4.79 Å². The largest absolute Gasteiger partial charge is 0.356 e. The minimum absolute atomic E-state index is 0.159. The van der Waals surface area contributed by atoms with Gasteiger partial charge in [0.15, 0.2) is 0 Å². The molecule has 1 aromatic rings. The maximum atomic E-state index is 12.4. The number of aryl methyl sites for hydroxylation is 1. The smallest absolute Gasteiger partial charge is 0.223 e. The Kier molecular flexibility index (Phi) is 4.59. The van der Waals surface area contributed by atoms with Crippen molar-refractivity contribution in [3.8, 4) is 0 Å². The Morgan fingerprint density at radius 2 is 2.10 bits per heavy atom. The molecule has 21 heavy (non-hydrogen) atoms. The summed E-state index contributed by atoms with van der Waals surface area (Å²) in [4.78, 5) is 12.4. The molecule has 0 saturated carbocycles. The molecule has 1 saturated heterocycles. The molecule has 114 valence electrons. The zero-order valence-corrected chi connectivity index (χ0v) is 12.9. The molecule has 2 aliphatic rings. The predicted octanol–water partition coefficient (Wildman–Crippen LogP) is 2.15. The van der Waals surface area contributed by atoms with E-state index in [1.54, 1.807) is 0 Å². The topological polar surface area (TPSA) is 41.1 Å². The Morgan fingerprint density at radius 1 is 1.29 bits per heavy atom. The monoisotopic (exact) mass is 286 g/mol. The number of hydrogen-bond donors (Lipinski definition) is 2. The number of fused-ring (bicyclic) bond motifs is 1. The predicted molar refractivity (Wildman–Crippen MR) is 85.1 cm³/mol. The minimum atomic E-state index is 0.159. The van der Waals surface area contributed by atoms with E-state index in [0.717, 1.165) is 38.9 Å². The SMILES string of the molecule is CC1CCNCC1CNC(=O)C1CCc2ccccc2C1. The van der Waals surface area contributed by atoms with Crippen molar-refractivity contribution >= 4 is 5.91 Å². The third-order valence-electron chi connectivity index (χ3n) is 5.24. The van der Waals surface area contributed by atoms with E-state index in [0.29, 0.717) is 11.8 Å². The van der Waals surface area contributed by atoms with Gasteiger partial charge in [0.1, 0.15) is 0 Å². The van der Waals surface area contributed by atoms with Crippen molar-refractivity contribution in [1.29, 1.82) is 0 Å². The number of benzene rings is 1. The molecule has 1 aliphatic carbocycles. The van der Waals surface area contributed by atoms with Gasteiger partial charge in [-0.05, 0) is 61.7 Å². The average molecular weight is 286 g/mol. The molecular weight excluding hydrogens is 260 g/mol. The average Bonchev–Trinajstić information content (AvgIpc) is 2.53. The first-order valence-corrected chi connectivity index (χ1v) is 8.29. The minimum Gasteiger partial charge on any atom is -0.356 e. The first-order valence-electron chi connectivity index (χ1n) is 8.29. The fraction of sp³-hybridized carbons (Fsp3) is 0.611. The number of hydrogen-bond acceptors (Lipinski definition) is 2. The van der Waals surface area contributed by atoms with Crippen LogP contribution in [0.5, 0.6) is 0 Å². The van der Waals surface area contributed by atoms with Gasteiger partial charge in [0.2, 0.25) is 5.91 Å². The summed E-state index contributed by atoms with van der Waals surface area (Å²) in [6, 6.07) is 8.53. The van der Waals surface area contributed by atoms with Crippen molar-refractivity contribution in [2.45, 2.75) is 32.6 Å². The van der Waals surface area contributed by atoms with Crippen LogP contribution in [0.25, 0.3) is 0 Å². The fourth-order valence-corrected chi connectivity index (χ4v) is 3.63. The van der Waals surface area contributed by atoms with Crippen LogP contribution >= 0.6 is 0 Å². The zero-order valence-electron chi connectivity index (χ0n) is 12.9. The lowest BCUT2D eigenvalue weighted by Gasteiger charge is -2.30. The van der Waals surface area contributed by atoms with Gasteiger partial charge in [-0.1, -0.05) is 31.2 Å². The molecule has 1 heterocycles. The van der Waals surface area contributed by atoms with Crippen molar-refractivity contribution in [1.82, 2.24) is 10.6 Å². The standard InChI is InChI=1S/C18H26N2O/c1-13-8-9-19-11-17(13)12-20-18(21)16-7-6-14-4-2-3-5-15(14)10-16/h2-5,13,16-17,19H,6-12H2,1H3,(H,20,21). The summed E-state index contributed by atoms with van der Waals surface area (Å²) in [6.45, 7) is 5.28. The lowest BCUT2D eigenvalue weighted by Crippen LogP contribution is -2.44. The van der Waals surface area contributed by atoms with Crippen molar-refractivity contribution in [3.63, 3.8) is 0 Å². The first kappa shape index (κ1) is 14.6. The molecule has 0 spiro atoms. The van der Waals surface area contributed by atoms with Gasteiger partial charge < -0.3 is 10.6 Å². The van der Waals surface area contributed by atoms with Gasteiger partial charge in [0.05, 0.1) is 0 Å². The Labute approximate surface area is 127 Å². The van der Waals surface area contributed by atoms with E-state index in [9.17, 15) is 4.79 Å². The first-order chi connectivity index (χ1) is 10.2. The lowest BCUT2D eigenvalue weighted by molar-refractivity contribution is -0.125. The molecule has 1 aromatic carbocycles. The number of carbonyl (C=O) groups excluding carboxylic acids is 1. The summed E-state index contributed by atoms with van der Waals surface area (Å²) in [5, 5.41) is 6.63. The van der Waals surface area contributed by atoms with Crippen LogP contribution in [0.4, 0.5) is 0 Å². The van der Waals surface area contributed by atoms with E-state index in [4.69, 9.17) is 0 Å². The molecule has 3 rings (SSSR count). The highest BCUT2D eigenvalue weighted by Crippen LogP contribution is 2.25. The van der Waals surface area contributed by atoms with Gasteiger partial charge in [0.25, 0.3) is 0 Å². The summed E-state index contributed by atoms with van der Waals surface area (Å²) in [6.07, 6.45) is 4.15. The summed E-state index contributed by atoms with van der Waals surface area (Å²) in [7, 11) is 0. The van der Waals surface area contributed by atoms with E-state index in [1.807, 2.05) is 0 Å². The van der Waals surface area contributed by atoms with Crippen LogP contribution in [0, 0.1) is 17.8 Å². The maximum Gasteiger partial charge on any atom is 0.223 e. The maximum absolute atomic E-state index is 12.4. The molecule has 3 nitrogen and oxygen atoms in total. The highest BCUT2D eigenvalue weighted by molar-refractivity contribution is 5.79. The van der Waals surface area contributed by atoms with E-state index in [2.05, 4.69) is 41.8 Å². The summed E-state index contributed by atoms with van der Waals surface area (Å²) < 4.78 is 0. The molecule has 0 bridgehead atoms. The van der Waals surface area contributed by atoms with Crippen molar-refractivity contribution in [2.24, 2.45) is 17.8 Å². The Morgan fingerprint density at radius 3 is 2.90 bits per heavy atom. The third-order valence-corrected chi connectivity index (χ3v) is 5.24. The lowest BCUT2D eigenvalue weighted by atomic mass is 9.83. The molecule has 1 fully saturated rings. The number of rotatable bonds is 3. The van der Waals surface area contributed by atoms with Crippen LogP contribution < -0.4 is 10.6 Å². The second-order valence-electron chi connectivity index (χ2n) is 6.68. The molecule has 1 aliphatic heterocycles. The normalized spacial score (nSPS) is 28.7. The fourth-order valence-electron chi connectivity index (χ4n) is 3.63. The third kappa shape index (κ3) is 3.46. The van der Waals surface area contributed by atoms with E-state index in [-0.39, 0.29) is 11.8 Å². The van der Waals surface area contributed by atoms with Crippen LogP contribution in [-0.2, 0) is 17.6 Å². The summed E-state index contributed by atoms with van der Waals surface area (Å²) in [5.41, 5.74) is 2.78. The molecule has 3 atom stereocenters. The Balaban J connectivity index is 1.52. The van der Waals surface area contributed by atoms with Crippen molar-refractivity contribution in [2.75, 3.05) is 19.6 Å². The van der Waals surface area contributed by atoms with E-state index in [1.165, 1.54) is 17.5 Å². The van der Waals surface area contributed by atoms with Gasteiger partial charge in [-0.15, -0.1) is 0 Å². The number of piperidine rings is 1. The van der Waals surface area contributed by atoms with E-state index < -0.39 is 0 Å². The van der Waals surface area contributed by atoms with Crippen molar-refractivity contribution in [3.05, 3.63) is 35.4 Å². The Bertz CT molecular complexity index is 500. The van der Waals surface area contributed by atoms with Crippen molar-refractivity contribution < 1.29 is 4.79 Å². The summed E-state index contributed by atoms with van der Waals surface area (Å²) in [5.74, 6) is 1.70. The highest BCUT2D eigenvalue weighted by atomic mass is 16.1. The van der Waals surface area contributed by atoms with Crippen LogP contribution in [-0.4, -0.2) is 25.5 Å². The summed E-state index contributed by atoms with van der Waals surface area (Å²) >= 11 is 0. The molecule has 1 amide bonds. The number of amides is 1. The van der Waals surface area contributed by atoms with Gasteiger partial charge >= 0.3 is 0 Å². The Hall–Kier alpha value is -1.35. The highest BCUT2D eigenvalue weighted by Gasteiger charge is 2.26. The van der Waals surface area contributed by atoms with Crippen LogP contribution in [0.15, 0.2) is 24.3 Å². The molecule has 0 radical (unpaired) electrons. The van der Waals surface area contributed by atoms with Gasteiger partial charge in [-0.25, -0.2) is 0 Å². The molecular formula is C18H26N2O. The quantitative estimate of drug-likeness (QED) is 0.894. The molecule has 2 N–H and O–H groups in total. The second kappa shape index (κ2) is 6.61. The second-order valence-corrected chi connectivity index (χ2v) is 6.68. The molecule has 3 unspecified atom stereocenters. The molecule has 0 aromatic heterocycles. The van der Waals surface area contributed by atoms with Crippen LogP contribution in [0.3, 0.4) is 0 Å². The number of carbonyl (C=O) groups is 1. The van der Waals surface area contributed by atoms with Gasteiger partial charge in [0, 0.05) is 12.5 Å².